The number of rotatable bonds is 6. The summed E-state index contributed by atoms with van der Waals surface area (Å²) in [4.78, 5) is 25.8. The number of fused-ring (bicyclic) bond motifs is 1. The minimum absolute atomic E-state index is 0.0289. The molecule has 0 saturated carbocycles. The number of carbonyl (C=O) groups is 2. The monoisotopic (exact) mass is 274 g/mol. The van der Waals surface area contributed by atoms with E-state index in [4.69, 9.17) is 0 Å². The van der Waals surface area contributed by atoms with Gasteiger partial charge in [0.05, 0.1) is 17.8 Å². The fraction of sp³-hybridized carbons (Fsp3) is 0.500. The minimum Gasteiger partial charge on any atom is -0.343 e. The molecule has 0 bridgehead atoms. The number of benzene rings is 1. The molecule has 1 aliphatic rings. The highest BCUT2D eigenvalue weighted by Gasteiger charge is 2.25. The molecule has 0 unspecified atom stereocenters. The van der Waals surface area contributed by atoms with Crippen molar-refractivity contribution in [3.63, 3.8) is 0 Å². The van der Waals surface area contributed by atoms with Crippen LogP contribution >= 0.6 is 0 Å². The highest BCUT2D eigenvalue weighted by Crippen LogP contribution is 2.23. The molecule has 2 rings (SSSR count). The van der Waals surface area contributed by atoms with Gasteiger partial charge in [0, 0.05) is 6.54 Å². The van der Waals surface area contributed by atoms with E-state index in [1.54, 1.807) is 11.0 Å². The van der Waals surface area contributed by atoms with Gasteiger partial charge in [-0.25, -0.2) is 0 Å². The molecule has 1 aromatic rings. The van der Waals surface area contributed by atoms with Gasteiger partial charge in [0.2, 0.25) is 5.91 Å². The predicted octanol–water partition coefficient (Wildman–Crippen LogP) is 2.73. The first kappa shape index (κ1) is 14.6. The molecule has 0 aliphatic carbocycles. The molecule has 1 N–H and O–H groups in total. The lowest BCUT2D eigenvalue weighted by Crippen LogP contribution is -2.37. The molecule has 0 atom stereocenters. The Kier molecular flexibility index (Phi) is 5.16. The maximum Gasteiger partial charge on any atom is 0.253 e. The van der Waals surface area contributed by atoms with E-state index in [1.807, 2.05) is 18.2 Å². The van der Waals surface area contributed by atoms with E-state index in [9.17, 15) is 9.59 Å². The van der Waals surface area contributed by atoms with Crippen molar-refractivity contribution in [2.45, 2.75) is 39.0 Å². The van der Waals surface area contributed by atoms with Crippen LogP contribution in [0.4, 0.5) is 5.69 Å². The third-order valence-corrected chi connectivity index (χ3v) is 3.63. The highest BCUT2D eigenvalue weighted by molar-refractivity contribution is 6.09. The summed E-state index contributed by atoms with van der Waals surface area (Å²) in [5, 5.41) is 2.66. The van der Waals surface area contributed by atoms with Gasteiger partial charge < -0.3 is 10.2 Å². The standard InChI is InChI=1S/C16H22N2O2/c1-2-3-4-5-8-11-18-14-10-7-6-9-13(14)16(20)17-12-15(18)19/h6-7,9-10H,2-5,8,11-12H2,1H3,(H,17,20). The quantitative estimate of drug-likeness (QED) is 0.811. The van der Waals surface area contributed by atoms with E-state index in [2.05, 4.69) is 12.2 Å². The van der Waals surface area contributed by atoms with Gasteiger partial charge >= 0.3 is 0 Å². The molecule has 20 heavy (non-hydrogen) atoms. The summed E-state index contributed by atoms with van der Waals surface area (Å²) in [6.07, 6.45) is 5.77. The first-order chi connectivity index (χ1) is 9.74. The second-order valence-corrected chi connectivity index (χ2v) is 5.16. The second kappa shape index (κ2) is 7.08. The molecule has 0 radical (unpaired) electrons. The number of unbranched alkanes of at least 4 members (excludes halogenated alkanes) is 4. The summed E-state index contributed by atoms with van der Waals surface area (Å²) in [6, 6.07) is 7.32. The average molecular weight is 274 g/mol. The van der Waals surface area contributed by atoms with Crippen LogP contribution in [0.2, 0.25) is 0 Å². The van der Waals surface area contributed by atoms with Crippen LogP contribution in [-0.4, -0.2) is 24.9 Å². The zero-order valence-electron chi connectivity index (χ0n) is 12.0. The van der Waals surface area contributed by atoms with E-state index >= 15 is 0 Å². The highest BCUT2D eigenvalue weighted by atomic mass is 16.2. The zero-order chi connectivity index (χ0) is 14.4. The lowest BCUT2D eigenvalue weighted by Gasteiger charge is -2.22. The molecular weight excluding hydrogens is 252 g/mol. The summed E-state index contributed by atoms with van der Waals surface area (Å²) < 4.78 is 0. The van der Waals surface area contributed by atoms with Crippen LogP contribution in [0.1, 0.15) is 49.4 Å². The van der Waals surface area contributed by atoms with Crippen molar-refractivity contribution in [2.24, 2.45) is 0 Å². The number of hydrogen-bond acceptors (Lipinski definition) is 2. The maximum atomic E-state index is 12.2. The van der Waals surface area contributed by atoms with Gasteiger partial charge in [-0.2, -0.15) is 0 Å². The summed E-state index contributed by atoms with van der Waals surface area (Å²) >= 11 is 0. The van der Waals surface area contributed by atoms with Crippen LogP contribution < -0.4 is 10.2 Å². The third kappa shape index (κ3) is 3.38. The predicted molar refractivity (Wildman–Crippen MR) is 79.9 cm³/mol. The van der Waals surface area contributed by atoms with E-state index in [0.29, 0.717) is 12.1 Å². The largest absolute Gasteiger partial charge is 0.343 e. The van der Waals surface area contributed by atoms with Gasteiger partial charge in [-0.15, -0.1) is 0 Å². The lowest BCUT2D eigenvalue weighted by atomic mass is 10.1. The second-order valence-electron chi connectivity index (χ2n) is 5.16. The molecule has 1 heterocycles. The Morgan fingerprint density at radius 3 is 2.65 bits per heavy atom. The average Bonchev–Trinajstić information content (AvgIpc) is 2.59. The van der Waals surface area contributed by atoms with Gasteiger partial charge in [0.15, 0.2) is 0 Å². The van der Waals surface area contributed by atoms with Crippen molar-refractivity contribution < 1.29 is 9.59 Å². The van der Waals surface area contributed by atoms with Crippen LogP contribution in [0.5, 0.6) is 0 Å². The molecular formula is C16H22N2O2. The molecule has 4 nitrogen and oxygen atoms in total. The maximum absolute atomic E-state index is 12.2. The first-order valence-corrected chi connectivity index (χ1v) is 7.41. The van der Waals surface area contributed by atoms with Crippen molar-refractivity contribution in [1.29, 1.82) is 0 Å². The summed E-state index contributed by atoms with van der Waals surface area (Å²) in [5.74, 6) is -0.193. The fourth-order valence-corrected chi connectivity index (χ4v) is 2.50. The number of nitrogens with zero attached hydrogens (tertiary/aromatic N) is 1. The molecule has 1 aromatic carbocycles. The van der Waals surface area contributed by atoms with Crippen LogP contribution in [0.3, 0.4) is 0 Å². The van der Waals surface area contributed by atoms with Crippen molar-refractivity contribution in [3.8, 4) is 0 Å². The van der Waals surface area contributed by atoms with Crippen molar-refractivity contribution >= 4 is 17.5 Å². The molecule has 0 aromatic heterocycles. The van der Waals surface area contributed by atoms with E-state index < -0.39 is 0 Å². The van der Waals surface area contributed by atoms with E-state index in [0.717, 1.165) is 18.5 Å². The summed E-state index contributed by atoms with van der Waals surface area (Å²) in [5.41, 5.74) is 1.33. The fourth-order valence-electron chi connectivity index (χ4n) is 2.50. The normalized spacial score (nSPS) is 14.8. The van der Waals surface area contributed by atoms with Crippen LogP contribution in [-0.2, 0) is 4.79 Å². The molecule has 0 fully saturated rings. The van der Waals surface area contributed by atoms with Crippen molar-refractivity contribution in [3.05, 3.63) is 29.8 Å². The summed E-state index contributed by atoms with van der Waals surface area (Å²) in [6.45, 7) is 2.96. The Balaban J connectivity index is 2.07. The lowest BCUT2D eigenvalue weighted by molar-refractivity contribution is -0.117. The number of amides is 2. The summed E-state index contributed by atoms with van der Waals surface area (Å²) in [7, 11) is 0. The van der Waals surface area contributed by atoms with Crippen LogP contribution in [0.25, 0.3) is 0 Å². The van der Waals surface area contributed by atoms with Gasteiger partial charge in [-0.05, 0) is 18.6 Å². The van der Waals surface area contributed by atoms with Gasteiger partial charge in [-0.3, -0.25) is 9.59 Å². The molecule has 108 valence electrons. The Bertz CT molecular complexity index is 485. The van der Waals surface area contributed by atoms with Crippen LogP contribution in [0, 0.1) is 0 Å². The molecule has 0 saturated heterocycles. The van der Waals surface area contributed by atoms with Crippen LogP contribution in [0.15, 0.2) is 24.3 Å². The molecule has 0 spiro atoms. The Labute approximate surface area is 120 Å². The number of hydrogen-bond donors (Lipinski definition) is 1. The zero-order valence-corrected chi connectivity index (χ0v) is 12.0. The van der Waals surface area contributed by atoms with Crippen molar-refractivity contribution in [2.75, 3.05) is 18.0 Å². The Morgan fingerprint density at radius 2 is 1.85 bits per heavy atom. The Hall–Kier alpha value is -1.84. The SMILES string of the molecule is CCCCCCCN1C(=O)CNC(=O)c2ccccc21. The third-order valence-electron chi connectivity index (χ3n) is 3.63. The first-order valence-electron chi connectivity index (χ1n) is 7.41. The number of para-hydroxylation sites is 1. The number of anilines is 1. The smallest absolute Gasteiger partial charge is 0.253 e. The topological polar surface area (TPSA) is 49.4 Å². The molecule has 2 amide bonds. The Morgan fingerprint density at radius 1 is 1.10 bits per heavy atom. The number of carbonyl (C=O) groups excluding carboxylic acids is 2. The van der Waals surface area contributed by atoms with E-state index in [1.165, 1.54) is 19.3 Å². The molecule has 4 heteroatoms. The van der Waals surface area contributed by atoms with Gasteiger partial charge in [-0.1, -0.05) is 44.7 Å². The minimum atomic E-state index is -0.164. The van der Waals surface area contributed by atoms with Gasteiger partial charge in [0.1, 0.15) is 0 Å². The number of nitrogens with one attached hydrogen (secondary N) is 1. The van der Waals surface area contributed by atoms with Crippen molar-refractivity contribution in [1.82, 2.24) is 5.32 Å². The molecule has 1 aliphatic heterocycles. The van der Waals surface area contributed by atoms with Gasteiger partial charge in [0.25, 0.3) is 5.91 Å². The van der Waals surface area contributed by atoms with E-state index in [-0.39, 0.29) is 18.4 Å².